The molecule has 3 aromatic rings. The third-order valence-corrected chi connectivity index (χ3v) is 6.34. The first-order chi connectivity index (χ1) is 14.5. The van der Waals surface area contributed by atoms with E-state index in [4.69, 9.17) is 4.74 Å². The van der Waals surface area contributed by atoms with E-state index < -0.39 is 0 Å². The molecule has 2 aliphatic rings. The van der Waals surface area contributed by atoms with Gasteiger partial charge in [-0.15, -0.1) is 0 Å². The summed E-state index contributed by atoms with van der Waals surface area (Å²) in [6.07, 6.45) is 5.93. The van der Waals surface area contributed by atoms with Gasteiger partial charge in [-0.3, -0.25) is 0 Å². The number of likely N-dealkylation sites (N-methyl/N-ethyl adjacent to an activating group) is 1. The Hall–Kier alpha value is -3.52. The Balaban J connectivity index is 1.53. The van der Waals surface area contributed by atoms with Gasteiger partial charge in [0.05, 0.1) is 5.70 Å². The monoisotopic (exact) mass is 391 g/mol. The van der Waals surface area contributed by atoms with E-state index in [-0.39, 0.29) is 5.41 Å². The van der Waals surface area contributed by atoms with Gasteiger partial charge in [-0.25, -0.2) is 0 Å². The number of nitrogens with zero attached hydrogens (tertiary/aromatic N) is 1. The van der Waals surface area contributed by atoms with Crippen LogP contribution in [0.3, 0.4) is 0 Å². The summed E-state index contributed by atoms with van der Waals surface area (Å²) in [5.74, 6) is 0.822. The van der Waals surface area contributed by atoms with Crippen LogP contribution in [0.4, 0.5) is 5.69 Å². The minimum Gasteiger partial charge on any atom is -0.462 e. The Morgan fingerprint density at radius 3 is 2.33 bits per heavy atom. The minimum absolute atomic E-state index is 0.0162. The largest absolute Gasteiger partial charge is 0.462 e. The molecule has 0 spiro atoms. The van der Waals surface area contributed by atoms with E-state index in [2.05, 4.69) is 87.0 Å². The number of hydrogen-bond donors (Lipinski definition) is 0. The van der Waals surface area contributed by atoms with Crippen molar-refractivity contribution in [3.8, 4) is 16.9 Å². The number of benzene rings is 3. The maximum Gasteiger partial charge on any atom is 0.134 e. The van der Waals surface area contributed by atoms with Crippen molar-refractivity contribution in [2.75, 3.05) is 11.9 Å². The average Bonchev–Trinajstić information content (AvgIpc) is 2.99. The van der Waals surface area contributed by atoms with E-state index in [1.54, 1.807) is 0 Å². The Labute approximate surface area is 178 Å². The van der Waals surface area contributed by atoms with E-state index in [0.29, 0.717) is 0 Å². The van der Waals surface area contributed by atoms with Crippen molar-refractivity contribution in [2.24, 2.45) is 0 Å². The lowest BCUT2D eigenvalue weighted by Gasteiger charge is -2.26. The summed E-state index contributed by atoms with van der Waals surface area (Å²) in [6.45, 7) is 8.81. The second kappa shape index (κ2) is 6.77. The molecular weight excluding hydrogens is 366 g/mol. The first-order valence-corrected chi connectivity index (χ1v) is 10.3. The van der Waals surface area contributed by atoms with Gasteiger partial charge in [-0.1, -0.05) is 75.0 Å². The molecule has 1 heterocycles. The van der Waals surface area contributed by atoms with Crippen molar-refractivity contribution in [2.45, 2.75) is 19.3 Å². The maximum atomic E-state index is 6.02. The molecule has 30 heavy (non-hydrogen) atoms. The summed E-state index contributed by atoms with van der Waals surface area (Å²) in [6, 6.07) is 23.5. The lowest BCUT2D eigenvalue weighted by Crippen LogP contribution is -2.19. The van der Waals surface area contributed by atoms with Crippen LogP contribution in [0.2, 0.25) is 0 Å². The fourth-order valence-corrected chi connectivity index (χ4v) is 4.51. The zero-order valence-corrected chi connectivity index (χ0v) is 17.6. The van der Waals surface area contributed by atoms with Crippen LogP contribution in [0.15, 0.2) is 97.4 Å². The predicted octanol–water partition coefficient (Wildman–Crippen LogP) is 6.93. The predicted molar refractivity (Wildman–Crippen MR) is 126 cm³/mol. The number of rotatable bonds is 2. The van der Waals surface area contributed by atoms with Crippen LogP contribution < -0.4 is 9.64 Å². The Bertz CT molecular complexity index is 1230. The molecule has 0 radical (unpaired) electrons. The molecule has 0 fully saturated rings. The first kappa shape index (κ1) is 18.5. The third kappa shape index (κ3) is 2.80. The van der Waals surface area contributed by atoms with Gasteiger partial charge in [0.2, 0.25) is 0 Å². The standard InChI is InChI=1S/C28H25NO/c1-19-13-14-21(18-30-27-12-8-6-9-22(19)27)29(4)20-15-16-24-23-10-5-7-11-25(23)28(2,3)26(24)17-20/h5-18H,1H2,2-4H3/b14-13-,21-18+. The molecule has 148 valence electrons. The summed E-state index contributed by atoms with van der Waals surface area (Å²) in [7, 11) is 2.08. The fourth-order valence-electron chi connectivity index (χ4n) is 4.51. The van der Waals surface area contributed by atoms with Gasteiger partial charge in [-0.05, 0) is 52.1 Å². The molecule has 0 amide bonds. The summed E-state index contributed by atoms with van der Waals surface area (Å²) < 4.78 is 6.02. The number of hydrogen-bond acceptors (Lipinski definition) is 2. The molecule has 1 aliphatic heterocycles. The second-order valence-corrected chi connectivity index (χ2v) is 8.47. The van der Waals surface area contributed by atoms with Crippen molar-refractivity contribution in [1.29, 1.82) is 0 Å². The number of anilines is 1. The highest BCUT2D eigenvalue weighted by molar-refractivity contribution is 5.83. The van der Waals surface area contributed by atoms with Crippen LogP contribution in [0.5, 0.6) is 5.75 Å². The van der Waals surface area contributed by atoms with E-state index in [1.807, 2.05) is 30.5 Å². The molecule has 2 heteroatoms. The molecular formula is C28H25NO. The summed E-state index contributed by atoms with van der Waals surface area (Å²) in [4.78, 5) is 2.16. The number of para-hydroxylation sites is 1. The summed E-state index contributed by atoms with van der Waals surface area (Å²) in [5, 5.41) is 0. The van der Waals surface area contributed by atoms with Gasteiger partial charge in [0.25, 0.3) is 0 Å². The molecule has 0 N–H and O–H groups in total. The Morgan fingerprint density at radius 1 is 0.800 bits per heavy atom. The zero-order valence-electron chi connectivity index (χ0n) is 17.6. The van der Waals surface area contributed by atoms with Gasteiger partial charge < -0.3 is 9.64 Å². The third-order valence-electron chi connectivity index (χ3n) is 6.34. The first-order valence-electron chi connectivity index (χ1n) is 10.3. The molecule has 1 aliphatic carbocycles. The highest BCUT2D eigenvalue weighted by atomic mass is 16.5. The van der Waals surface area contributed by atoms with Gasteiger partial charge in [0, 0.05) is 23.7 Å². The van der Waals surface area contributed by atoms with Crippen LogP contribution in [0.1, 0.15) is 30.5 Å². The maximum absolute atomic E-state index is 6.02. The average molecular weight is 392 g/mol. The molecule has 0 bridgehead atoms. The normalized spacial score (nSPS) is 18.6. The molecule has 5 rings (SSSR count). The van der Waals surface area contributed by atoms with Crippen LogP contribution in [-0.2, 0) is 5.41 Å². The fraction of sp³-hybridized carbons (Fsp3) is 0.143. The molecule has 2 nitrogen and oxygen atoms in total. The van der Waals surface area contributed by atoms with Crippen molar-refractivity contribution < 1.29 is 4.74 Å². The summed E-state index contributed by atoms with van der Waals surface area (Å²) in [5.41, 5.74) is 9.46. The SMILES string of the molecule is C=C1/C=C\C(N(C)c2ccc3c(c2)C(C)(C)c2ccccc2-3)=C/Oc2ccccc21. The Morgan fingerprint density at radius 2 is 1.50 bits per heavy atom. The smallest absolute Gasteiger partial charge is 0.134 e. The van der Waals surface area contributed by atoms with E-state index in [1.165, 1.54) is 22.3 Å². The van der Waals surface area contributed by atoms with Crippen molar-refractivity contribution >= 4 is 11.3 Å². The highest BCUT2D eigenvalue weighted by Gasteiger charge is 2.35. The number of fused-ring (bicyclic) bond motifs is 4. The molecule has 3 aromatic carbocycles. The van der Waals surface area contributed by atoms with E-state index in [9.17, 15) is 0 Å². The lowest BCUT2D eigenvalue weighted by molar-refractivity contribution is 0.474. The molecule has 0 aromatic heterocycles. The minimum atomic E-state index is -0.0162. The van der Waals surface area contributed by atoms with Gasteiger partial charge in [0.1, 0.15) is 12.0 Å². The van der Waals surface area contributed by atoms with Crippen LogP contribution >= 0.6 is 0 Å². The molecule has 0 saturated heterocycles. The van der Waals surface area contributed by atoms with Crippen LogP contribution in [-0.4, -0.2) is 7.05 Å². The Kier molecular flexibility index (Phi) is 4.18. The zero-order chi connectivity index (χ0) is 20.9. The molecule has 0 saturated carbocycles. The van der Waals surface area contributed by atoms with Crippen LogP contribution in [0, 0.1) is 0 Å². The van der Waals surface area contributed by atoms with Crippen molar-refractivity contribution in [3.63, 3.8) is 0 Å². The number of ether oxygens (including phenoxy) is 1. The van der Waals surface area contributed by atoms with Gasteiger partial charge in [-0.2, -0.15) is 0 Å². The van der Waals surface area contributed by atoms with Crippen molar-refractivity contribution in [3.05, 3.63) is 114 Å². The second-order valence-electron chi connectivity index (χ2n) is 8.47. The van der Waals surface area contributed by atoms with Crippen molar-refractivity contribution in [1.82, 2.24) is 0 Å². The van der Waals surface area contributed by atoms with E-state index in [0.717, 1.165) is 28.3 Å². The van der Waals surface area contributed by atoms with Gasteiger partial charge >= 0.3 is 0 Å². The topological polar surface area (TPSA) is 12.5 Å². The highest BCUT2D eigenvalue weighted by Crippen LogP contribution is 2.49. The van der Waals surface area contributed by atoms with Gasteiger partial charge in [0.15, 0.2) is 0 Å². The molecule has 0 unspecified atom stereocenters. The van der Waals surface area contributed by atoms with E-state index >= 15 is 0 Å². The van der Waals surface area contributed by atoms with Crippen LogP contribution in [0.25, 0.3) is 16.7 Å². The summed E-state index contributed by atoms with van der Waals surface area (Å²) >= 11 is 0. The lowest BCUT2D eigenvalue weighted by atomic mass is 9.82. The quantitative estimate of drug-likeness (QED) is 0.469. The molecule has 0 atom stereocenters. The number of allylic oxidation sites excluding steroid dienone is 3.